The van der Waals surface area contributed by atoms with E-state index in [4.69, 9.17) is 10.5 Å². The van der Waals surface area contributed by atoms with Gasteiger partial charge in [0.25, 0.3) is 0 Å². The summed E-state index contributed by atoms with van der Waals surface area (Å²) < 4.78 is 33.1. The second-order valence-corrected chi connectivity index (χ2v) is 4.93. The van der Waals surface area contributed by atoms with E-state index >= 15 is 0 Å². The Morgan fingerprint density at radius 1 is 1.19 bits per heavy atom. The highest BCUT2D eigenvalue weighted by Gasteiger charge is 2.22. The summed E-state index contributed by atoms with van der Waals surface area (Å²) in [6, 6.07) is 6.88. The van der Waals surface area contributed by atoms with Gasteiger partial charge in [0.2, 0.25) is 0 Å². The molecule has 1 aliphatic rings. The van der Waals surface area contributed by atoms with Gasteiger partial charge in [-0.25, -0.2) is 8.78 Å². The Labute approximate surface area is 120 Å². The number of ether oxygens (including phenoxy) is 1. The van der Waals surface area contributed by atoms with Crippen LogP contribution in [-0.2, 0) is 6.42 Å². The van der Waals surface area contributed by atoms with Crippen LogP contribution in [0.15, 0.2) is 30.3 Å². The maximum Gasteiger partial charge on any atom is 0.199 e. The van der Waals surface area contributed by atoms with Crippen LogP contribution in [0.2, 0.25) is 0 Å². The summed E-state index contributed by atoms with van der Waals surface area (Å²) >= 11 is 0. The number of carbonyl (C=O) groups excluding carboxylic acids is 1. The number of halogens is 2. The lowest BCUT2D eigenvalue weighted by Gasteiger charge is -2.17. The predicted octanol–water partition coefficient (Wildman–Crippen LogP) is 3.10. The van der Waals surface area contributed by atoms with E-state index in [1.54, 1.807) is 12.1 Å². The molecule has 21 heavy (non-hydrogen) atoms. The molecule has 0 aliphatic carbocycles. The van der Waals surface area contributed by atoms with Crippen molar-refractivity contribution < 1.29 is 18.3 Å². The fourth-order valence-electron chi connectivity index (χ4n) is 2.42. The summed E-state index contributed by atoms with van der Waals surface area (Å²) in [5.74, 6) is -1.94. The Balaban J connectivity index is 2.05. The number of carbonyl (C=O) groups is 1. The molecule has 0 saturated heterocycles. The summed E-state index contributed by atoms with van der Waals surface area (Å²) in [4.78, 5) is 12.3. The number of rotatable bonds is 2. The van der Waals surface area contributed by atoms with Crippen molar-refractivity contribution >= 4 is 11.5 Å². The van der Waals surface area contributed by atoms with Crippen LogP contribution in [0.3, 0.4) is 0 Å². The Bertz CT molecular complexity index is 728. The first-order valence-corrected chi connectivity index (χ1v) is 6.62. The normalized spacial score (nSPS) is 13.4. The lowest BCUT2D eigenvalue weighted by Crippen LogP contribution is -2.12. The van der Waals surface area contributed by atoms with Crippen LogP contribution in [0.1, 0.15) is 27.9 Å². The van der Waals surface area contributed by atoms with E-state index in [1.807, 2.05) is 0 Å². The zero-order valence-electron chi connectivity index (χ0n) is 11.2. The Kier molecular flexibility index (Phi) is 3.33. The number of fused-ring (bicyclic) bond motifs is 1. The molecule has 0 unspecified atom stereocenters. The van der Waals surface area contributed by atoms with Crippen LogP contribution in [-0.4, -0.2) is 12.4 Å². The van der Waals surface area contributed by atoms with Crippen molar-refractivity contribution in [2.75, 3.05) is 12.3 Å². The van der Waals surface area contributed by atoms with Gasteiger partial charge in [-0.1, -0.05) is 0 Å². The molecule has 0 bridgehead atoms. The molecule has 0 saturated carbocycles. The number of anilines is 1. The Morgan fingerprint density at radius 2 is 2.00 bits per heavy atom. The van der Waals surface area contributed by atoms with Crippen LogP contribution in [0, 0.1) is 11.6 Å². The third kappa shape index (κ3) is 2.35. The molecule has 1 heterocycles. The monoisotopic (exact) mass is 289 g/mol. The largest absolute Gasteiger partial charge is 0.493 e. The quantitative estimate of drug-likeness (QED) is 0.682. The van der Waals surface area contributed by atoms with E-state index in [0.717, 1.165) is 30.5 Å². The summed E-state index contributed by atoms with van der Waals surface area (Å²) in [6.07, 6.45) is 1.63. The zero-order chi connectivity index (χ0) is 15.0. The number of hydrogen-bond acceptors (Lipinski definition) is 3. The SMILES string of the molecule is Nc1ccc(F)c(C(=O)c2ccc3c(c2)CCCO3)c1F. The maximum atomic E-state index is 13.9. The smallest absolute Gasteiger partial charge is 0.199 e. The fourth-order valence-corrected chi connectivity index (χ4v) is 2.42. The van der Waals surface area contributed by atoms with Crippen LogP contribution >= 0.6 is 0 Å². The third-order valence-electron chi connectivity index (χ3n) is 3.52. The summed E-state index contributed by atoms with van der Waals surface area (Å²) in [5, 5.41) is 0. The van der Waals surface area contributed by atoms with Crippen molar-refractivity contribution in [3.8, 4) is 5.75 Å². The zero-order valence-corrected chi connectivity index (χ0v) is 11.2. The molecule has 0 radical (unpaired) electrons. The summed E-state index contributed by atoms with van der Waals surface area (Å²) in [5.41, 5.74) is 5.63. The topological polar surface area (TPSA) is 52.3 Å². The summed E-state index contributed by atoms with van der Waals surface area (Å²) in [7, 11) is 0. The first-order chi connectivity index (χ1) is 10.1. The van der Waals surface area contributed by atoms with Crippen LogP contribution in [0.25, 0.3) is 0 Å². The van der Waals surface area contributed by atoms with Gasteiger partial charge in [0.05, 0.1) is 17.9 Å². The first-order valence-electron chi connectivity index (χ1n) is 6.62. The van der Waals surface area contributed by atoms with Crippen LogP contribution in [0.5, 0.6) is 5.75 Å². The molecular formula is C16H13F2NO2. The van der Waals surface area contributed by atoms with Crippen molar-refractivity contribution in [1.82, 2.24) is 0 Å². The van der Waals surface area contributed by atoms with Gasteiger partial charge in [0.1, 0.15) is 11.6 Å². The molecule has 2 aromatic rings. The Hall–Kier alpha value is -2.43. The lowest BCUT2D eigenvalue weighted by atomic mass is 9.97. The minimum absolute atomic E-state index is 0.225. The molecule has 0 amide bonds. The second kappa shape index (κ2) is 5.16. The van der Waals surface area contributed by atoms with Crippen LogP contribution < -0.4 is 10.5 Å². The van der Waals surface area contributed by atoms with Gasteiger partial charge in [0.15, 0.2) is 11.6 Å². The number of hydrogen-bond donors (Lipinski definition) is 1. The van der Waals surface area contributed by atoms with Gasteiger partial charge in [0, 0.05) is 5.56 Å². The average Bonchev–Trinajstić information content (AvgIpc) is 2.51. The molecule has 1 aliphatic heterocycles. The minimum atomic E-state index is -1.02. The highest BCUT2D eigenvalue weighted by Crippen LogP contribution is 2.28. The minimum Gasteiger partial charge on any atom is -0.493 e. The van der Waals surface area contributed by atoms with Crippen molar-refractivity contribution in [2.24, 2.45) is 0 Å². The molecule has 3 rings (SSSR count). The van der Waals surface area contributed by atoms with Crippen molar-refractivity contribution in [3.63, 3.8) is 0 Å². The van der Waals surface area contributed by atoms with E-state index in [9.17, 15) is 13.6 Å². The van der Waals surface area contributed by atoms with Gasteiger partial charge in [-0.15, -0.1) is 0 Å². The number of nitrogen functional groups attached to an aromatic ring is 1. The molecule has 108 valence electrons. The number of ketones is 1. The van der Waals surface area contributed by atoms with E-state index in [2.05, 4.69) is 0 Å². The highest BCUT2D eigenvalue weighted by atomic mass is 19.1. The molecule has 5 heteroatoms. The average molecular weight is 289 g/mol. The molecule has 2 aromatic carbocycles. The molecule has 0 atom stereocenters. The number of benzene rings is 2. The van der Waals surface area contributed by atoms with E-state index in [-0.39, 0.29) is 11.3 Å². The van der Waals surface area contributed by atoms with Gasteiger partial charge >= 0.3 is 0 Å². The maximum absolute atomic E-state index is 13.9. The molecule has 0 spiro atoms. The molecular weight excluding hydrogens is 276 g/mol. The van der Waals surface area contributed by atoms with E-state index in [0.29, 0.717) is 12.4 Å². The Morgan fingerprint density at radius 3 is 2.81 bits per heavy atom. The van der Waals surface area contributed by atoms with E-state index < -0.39 is 23.0 Å². The molecule has 2 N–H and O–H groups in total. The predicted molar refractivity (Wildman–Crippen MR) is 74.5 cm³/mol. The third-order valence-corrected chi connectivity index (χ3v) is 3.52. The summed E-state index contributed by atoms with van der Waals surface area (Å²) in [6.45, 7) is 0.638. The van der Waals surface area contributed by atoms with Crippen LogP contribution in [0.4, 0.5) is 14.5 Å². The van der Waals surface area contributed by atoms with Crippen molar-refractivity contribution in [1.29, 1.82) is 0 Å². The number of nitrogens with two attached hydrogens (primary N) is 1. The van der Waals surface area contributed by atoms with Gasteiger partial charge < -0.3 is 10.5 Å². The van der Waals surface area contributed by atoms with Gasteiger partial charge in [-0.2, -0.15) is 0 Å². The van der Waals surface area contributed by atoms with Crippen molar-refractivity contribution in [3.05, 3.63) is 58.7 Å². The fraction of sp³-hybridized carbons (Fsp3) is 0.188. The molecule has 3 nitrogen and oxygen atoms in total. The standard InChI is InChI=1S/C16H13F2NO2/c17-11-4-5-12(19)15(18)14(11)16(20)10-3-6-13-9(8-10)2-1-7-21-13/h3-6,8H,1-2,7,19H2. The number of aryl methyl sites for hydroxylation is 1. The first kappa shape index (κ1) is 13.5. The second-order valence-electron chi connectivity index (χ2n) is 4.93. The highest BCUT2D eigenvalue weighted by molar-refractivity contribution is 6.10. The van der Waals surface area contributed by atoms with Gasteiger partial charge in [-0.05, 0) is 48.7 Å². The lowest BCUT2D eigenvalue weighted by molar-refractivity contribution is 0.103. The molecule has 0 aromatic heterocycles. The van der Waals surface area contributed by atoms with Crippen molar-refractivity contribution in [2.45, 2.75) is 12.8 Å². The van der Waals surface area contributed by atoms with E-state index in [1.165, 1.54) is 6.07 Å². The molecule has 0 fully saturated rings. The van der Waals surface area contributed by atoms with Gasteiger partial charge in [-0.3, -0.25) is 4.79 Å².